The van der Waals surface area contributed by atoms with Crippen LogP contribution in [0.25, 0.3) is 0 Å². The molecular formula is C16H12BrClF2N4. The van der Waals surface area contributed by atoms with Crippen LogP contribution < -0.4 is 11.2 Å². The molecule has 0 unspecified atom stereocenters. The van der Waals surface area contributed by atoms with Crippen LogP contribution in [0.15, 0.2) is 44.9 Å². The number of benzodiazepines with no additional fused rings is 1. The summed E-state index contributed by atoms with van der Waals surface area (Å²) in [6.45, 7) is 1.72. The number of nitrogens with two attached hydrogens (primary N) is 1. The molecule has 0 saturated heterocycles. The van der Waals surface area contributed by atoms with Gasteiger partial charge in [-0.2, -0.15) is 5.10 Å². The van der Waals surface area contributed by atoms with Gasteiger partial charge in [0.2, 0.25) is 0 Å². The Labute approximate surface area is 150 Å². The van der Waals surface area contributed by atoms with E-state index in [1.54, 1.807) is 19.1 Å². The number of halogens is 4. The molecule has 0 aromatic heterocycles. The highest BCUT2D eigenvalue weighted by atomic mass is 79.9. The molecule has 1 aliphatic heterocycles. The summed E-state index contributed by atoms with van der Waals surface area (Å²) in [7, 11) is 0. The van der Waals surface area contributed by atoms with E-state index in [1.165, 1.54) is 18.2 Å². The lowest BCUT2D eigenvalue weighted by Gasteiger charge is -2.14. The molecule has 3 rings (SSSR count). The Hall–Kier alpha value is -1.99. The third kappa shape index (κ3) is 2.78. The van der Waals surface area contributed by atoms with Crippen LogP contribution in [0.1, 0.15) is 18.1 Å². The zero-order valence-electron chi connectivity index (χ0n) is 12.4. The van der Waals surface area contributed by atoms with Crippen LogP contribution in [0.5, 0.6) is 0 Å². The highest BCUT2D eigenvalue weighted by Gasteiger charge is 2.28. The van der Waals surface area contributed by atoms with E-state index in [9.17, 15) is 8.78 Å². The largest absolute Gasteiger partial charge is 0.340 e. The average Bonchev–Trinajstić information content (AvgIpc) is 2.68. The lowest BCUT2D eigenvalue weighted by Crippen LogP contribution is -2.24. The van der Waals surface area contributed by atoms with E-state index >= 15 is 0 Å². The Bertz CT molecular complexity index is 862. The fraction of sp³-hybridized carbons (Fsp3) is 0.125. The van der Waals surface area contributed by atoms with Crippen LogP contribution in [0.3, 0.4) is 0 Å². The Morgan fingerprint density at radius 3 is 2.50 bits per heavy atom. The van der Waals surface area contributed by atoms with Gasteiger partial charge in [-0.25, -0.2) is 8.78 Å². The van der Waals surface area contributed by atoms with Crippen molar-refractivity contribution in [2.24, 2.45) is 15.9 Å². The summed E-state index contributed by atoms with van der Waals surface area (Å²) in [5.41, 5.74) is 0.889. The van der Waals surface area contributed by atoms with Crippen molar-refractivity contribution in [2.45, 2.75) is 13.0 Å². The fourth-order valence-electron chi connectivity index (χ4n) is 2.50. The summed E-state index contributed by atoms with van der Waals surface area (Å²) in [5, 5.41) is 7.11. The first-order chi connectivity index (χ1) is 11.4. The average molecular weight is 414 g/mol. The van der Waals surface area contributed by atoms with Gasteiger partial charge in [0.15, 0.2) is 5.84 Å². The second-order valence-electron chi connectivity index (χ2n) is 5.17. The van der Waals surface area contributed by atoms with E-state index < -0.39 is 17.7 Å². The minimum absolute atomic E-state index is 0.133. The molecule has 0 radical (unpaired) electrons. The standard InChI is InChI=1S/C16H12BrClF2N4/c1-7-16(24-21)23-11-6-5-8(18)14(17)13(11)15(22-7)12-9(19)3-2-4-10(12)20/h2-7H,21H2,1H3,(H,23,24)/t7-/m0/s1. The van der Waals surface area contributed by atoms with E-state index in [-0.39, 0.29) is 11.3 Å². The highest BCUT2D eigenvalue weighted by Crippen LogP contribution is 2.36. The molecule has 8 heteroatoms. The number of benzene rings is 2. The molecule has 2 aromatic rings. The van der Waals surface area contributed by atoms with Crippen molar-refractivity contribution in [3.63, 3.8) is 0 Å². The Balaban J connectivity index is 2.38. The third-order valence-electron chi connectivity index (χ3n) is 3.65. The number of hydrogen-bond acceptors (Lipinski definition) is 3. The molecule has 3 N–H and O–H groups in total. The Morgan fingerprint density at radius 1 is 1.21 bits per heavy atom. The Morgan fingerprint density at radius 2 is 1.88 bits per heavy atom. The molecule has 0 fully saturated rings. The van der Waals surface area contributed by atoms with Crippen molar-refractivity contribution < 1.29 is 8.78 Å². The maximum atomic E-state index is 14.4. The zero-order valence-corrected chi connectivity index (χ0v) is 14.8. The van der Waals surface area contributed by atoms with E-state index in [0.717, 1.165) is 0 Å². The van der Waals surface area contributed by atoms with Gasteiger partial charge in [-0.05, 0) is 47.1 Å². The number of hydrazone groups is 1. The number of rotatable bonds is 1. The molecular weight excluding hydrogens is 402 g/mol. The molecule has 124 valence electrons. The van der Waals surface area contributed by atoms with E-state index in [1.807, 2.05) is 0 Å². The lowest BCUT2D eigenvalue weighted by molar-refractivity contribution is 0.579. The quantitative estimate of drug-likeness (QED) is 0.541. The van der Waals surface area contributed by atoms with Gasteiger partial charge in [0.1, 0.15) is 17.7 Å². The molecule has 0 bridgehead atoms. The summed E-state index contributed by atoms with van der Waals surface area (Å²) in [6, 6.07) is 6.46. The molecule has 0 aliphatic carbocycles. The first-order valence-corrected chi connectivity index (χ1v) is 8.16. The molecule has 0 amide bonds. The van der Waals surface area contributed by atoms with Crippen LogP contribution in [-0.2, 0) is 0 Å². The molecule has 1 atom stereocenters. The summed E-state index contributed by atoms with van der Waals surface area (Å²) in [4.78, 5) is 4.44. The van der Waals surface area contributed by atoms with Gasteiger partial charge >= 0.3 is 0 Å². The van der Waals surface area contributed by atoms with Gasteiger partial charge in [0.05, 0.1) is 22.0 Å². The van der Waals surface area contributed by atoms with Crippen LogP contribution in [0.2, 0.25) is 5.02 Å². The van der Waals surface area contributed by atoms with Crippen molar-refractivity contribution >= 4 is 44.8 Å². The van der Waals surface area contributed by atoms with Crippen LogP contribution in [-0.4, -0.2) is 17.6 Å². The molecule has 1 heterocycles. The molecule has 24 heavy (non-hydrogen) atoms. The van der Waals surface area contributed by atoms with Gasteiger partial charge < -0.3 is 11.2 Å². The van der Waals surface area contributed by atoms with Crippen molar-refractivity contribution in [1.82, 2.24) is 0 Å². The zero-order chi connectivity index (χ0) is 17.4. The predicted octanol–water partition coefficient (Wildman–Crippen LogP) is 4.30. The first kappa shape index (κ1) is 16.9. The monoisotopic (exact) mass is 412 g/mol. The van der Waals surface area contributed by atoms with E-state index in [2.05, 4.69) is 31.3 Å². The second kappa shape index (κ2) is 6.49. The van der Waals surface area contributed by atoms with E-state index in [4.69, 9.17) is 17.4 Å². The van der Waals surface area contributed by atoms with Crippen molar-refractivity contribution in [3.8, 4) is 0 Å². The van der Waals surface area contributed by atoms with Gasteiger partial charge in [0.25, 0.3) is 0 Å². The first-order valence-electron chi connectivity index (χ1n) is 6.99. The lowest BCUT2D eigenvalue weighted by atomic mass is 9.99. The van der Waals surface area contributed by atoms with Gasteiger partial charge in [-0.3, -0.25) is 4.99 Å². The molecule has 2 aromatic carbocycles. The molecule has 4 nitrogen and oxygen atoms in total. The SMILES string of the molecule is C[C@@H]1N=C(c2c(F)cccc2F)c2c(ccc(Cl)c2Br)NC1=NN. The minimum Gasteiger partial charge on any atom is -0.340 e. The third-order valence-corrected chi connectivity index (χ3v) is 5.02. The number of anilines is 1. The second-order valence-corrected chi connectivity index (χ2v) is 6.37. The number of amidine groups is 1. The fourth-order valence-corrected chi connectivity index (χ4v) is 3.19. The van der Waals surface area contributed by atoms with Crippen LogP contribution in [0.4, 0.5) is 14.5 Å². The minimum atomic E-state index is -0.716. The highest BCUT2D eigenvalue weighted by molar-refractivity contribution is 9.10. The summed E-state index contributed by atoms with van der Waals surface area (Å²) >= 11 is 9.55. The van der Waals surface area contributed by atoms with Crippen molar-refractivity contribution in [3.05, 3.63) is 62.6 Å². The summed E-state index contributed by atoms with van der Waals surface area (Å²) < 4.78 is 29.2. The van der Waals surface area contributed by atoms with Gasteiger partial charge in [0, 0.05) is 10.0 Å². The predicted molar refractivity (Wildman–Crippen MR) is 95.9 cm³/mol. The smallest absolute Gasteiger partial charge is 0.150 e. The maximum absolute atomic E-state index is 14.4. The molecule has 0 saturated carbocycles. The normalized spacial score (nSPS) is 18.6. The number of nitrogens with zero attached hydrogens (tertiary/aromatic N) is 2. The van der Waals surface area contributed by atoms with Gasteiger partial charge in [-0.15, -0.1) is 0 Å². The van der Waals surface area contributed by atoms with Crippen molar-refractivity contribution in [1.29, 1.82) is 0 Å². The topological polar surface area (TPSA) is 62.8 Å². The van der Waals surface area contributed by atoms with E-state index in [0.29, 0.717) is 26.6 Å². The summed E-state index contributed by atoms with van der Waals surface area (Å²) in [5.74, 6) is 4.34. The van der Waals surface area contributed by atoms with Crippen molar-refractivity contribution in [2.75, 3.05) is 5.32 Å². The van der Waals surface area contributed by atoms with Crippen LogP contribution in [0, 0.1) is 11.6 Å². The van der Waals surface area contributed by atoms with Crippen LogP contribution >= 0.6 is 27.5 Å². The number of nitrogens with one attached hydrogen (secondary N) is 1. The maximum Gasteiger partial charge on any atom is 0.150 e. The molecule has 0 spiro atoms. The number of hydrogen-bond donors (Lipinski definition) is 2. The number of fused-ring (bicyclic) bond motifs is 1. The number of aliphatic imine (C=N–C) groups is 1. The molecule has 1 aliphatic rings. The van der Waals surface area contributed by atoms with Gasteiger partial charge in [-0.1, -0.05) is 17.7 Å². The Kier molecular flexibility index (Phi) is 4.56. The summed E-state index contributed by atoms with van der Waals surface area (Å²) in [6.07, 6.45) is 0.